The standard InChI is InChI=1S/C20H16FN3O2/c21-9-13-1-3-14(4-2-13)19-24-17(11-26-19)15-5-6-18(23-10-15)20(12-22)7-16(25)8-20/h1-6,10-11,16,25H,7-9H2. The van der Waals surface area contributed by atoms with E-state index in [4.69, 9.17) is 4.42 Å². The maximum absolute atomic E-state index is 12.6. The molecule has 0 saturated heterocycles. The largest absolute Gasteiger partial charge is 0.444 e. The van der Waals surface area contributed by atoms with E-state index in [2.05, 4.69) is 16.0 Å². The number of aliphatic hydroxyl groups excluding tert-OH is 1. The van der Waals surface area contributed by atoms with E-state index in [-0.39, 0.29) is 0 Å². The summed E-state index contributed by atoms with van der Waals surface area (Å²) in [6.07, 6.45) is 3.60. The van der Waals surface area contributed by atoms with E-state index >= 15 is 0 Å². The Kier molecular flexibility index (Phi) is 4.02. The number of alkyl halides is 1. The highest BCUT2D eigenvalue weighted by molar-refractivity contribution is 5.62. The summed E-state index contributed by atoms with van der Waals surface area (Å²) in [6.45, 7) is -0.504. The summed E-state index contributed by atoms with van der Waals surface area (Å²) in [7, 11) is 0. The van der Waals surface area contributed by atoms with Crippen LogP contribution in [-0.4, -0.2) is 21.2 Å². The quantitative estimate of drug-likeness (QED) is 0.775. The van der Waals surface area contributed by atoms with Crippen molar-refractivity contribution in [2.45, 2.75) is 31.0 Å². The number of benzene rings is 1. The highest BCUT2D eigenvalue weighted by atomic mass is 19.1. The molecule has 1 N–H and O–H groups in total. The number of hydrogen-bond acceptors (Lipinski definition) is 5. The van der Waals surface area contributed by atoms with Crippen LogP contribution in [0.5, 0.6) is 0 Å². The number of nitrogens with zero attached hydrogens (tertiary/aromatic N) is 3. The molecule has 1 aromatic carbocycles. The van der Waals surface area contributed by atoms with Crippen molar-refractivity contribution in [3.8, 4) is 28.8 Å². The molecule has 0 atom stereocenters. The average molecular weight is 349 g/mol. The second-order valence-corrected chi connectivity index (χ2v) is 6.56. The molecule has 0 amide bonds. The summed E-state index contributed by atoms with van der Waals surface area (Å²) < 4.78 is 18.1. The van der Waals surface area contributed by atoms with Gasteiger partial charge in [-0.3, -0.25) is 4.98 Å². The zero-order chi connectivity index (χ0) is 18.1. The topological polar surface area (TPSA) is 82.9 Å². The normalized spacial score (nSPS) is 21.8. The molecule has 0 unspecified atom stereocenters. The van der Waals surface area contributed by atoms with Crippen molar-refractivity contribution in [3.63, 3.8) is 0 Å². The summed E-state index contributed by atoms with van der Waals surface area (Å²) in [5, 5.41) is 18.9. The van der Waals surface area contributed by atoms with E-state index in [1.54, 1.807) is 42.8 Å². The van der Waals surface area contributed by atoms with Gasteiger partial charge in [0, 0.05) is 17.3 Å². The molecule has 2 aromatic heterocycles. The minimum Gasteiger partial charge on any atom is -0.444 e. The van der Waals surface area contributed by atoms with Crippen molar-refractivity contribution in [1.29, 1.82) is 5.26 Å². The first-order valence-electron chi connectivity index (χ1n) is 8.30. The van der Waals surface area contributed by atoms with Crippen LogP contribution in [0.2, 0.25) is 0 Å². The molecule has 130 valence electrons. The molecule has 26 heavy (non-hydrogen) atoms. The van der Waals surface area contributed by atoms with Crippen molar-refractivity contribution in [3.05, 3.63) is 60.1 Å². The predicted octanol–water partition coefficient (Wildman–Crippen LogP) is 3.79. The number of pyridine rings is 1. The molecule has 1 saturated carbocycles. The minimum atomic E-state index is -0.689. The number of rotatable bonds is 4. The summed E-state index contributed by atoms with van der Waals surface area (Å²) in [6, 6.07) is 12.9. The third kappa shape index (κ3) is 2.76. The zero-order valence-electron chi connectivity index (χ0n) is 13.9. The molecule has 2 heterocycles. The van der Waals surface area contributed by atoms with Gasteiger partial charge in [0.2, 0.25) is 5.89 Å². The van der Waals surface area contributed by atoms with Gasteiger partial charge in [0.05, 0.1) is 17.9 Å². The fraction of sp³-hybridized carbons (Fsp3) is 0.250. The Morgan fingerprint density at radius 2 is 1.92 bits per heavy atom. The number of aliphatic hydroxyl groups is 1. The molecule has 6 heteroatoms. The van der Waals surface area contributed by atoms with Gasteiger partial charge in [-0.1, -0.05) is 12.1 Å². The van der Waals surface area contributed by atoms with Crippen LogP contribution in [0.3, 0.4) is 0 Å². The molecule has 1 aliphatic carbocycles. The first-order valence-corrected chi connectivity index (χ1v) is 8.30. The molecule has 1 fully saturated rings. The van der Waals surface area contributed by atoms with Gasteiger partial charge in [-0.25, -0.2) is 9.37 Å². The lowest BCUT2D eigenvalue weighted by atomic mass is 9.65. The molecule has 4 rings (SSSR count). The number of nitriles is 1. The van der Waals surface area contributed by atoms with Gasteiger partial charge in [0.1, 0.15) is 24.0 Å². The predicted molar refractivity (Wildman–Crippen MR) is 92.5 cm³/mol. The number of aromatic nitrogens is 2. The SMILES string of the molecule is N#CC1(c2ccc(-c3coc(-c4ccc(CF)cc4)n3)cn2)CC(O)C1. The molecule has 1 aliphatic rings. The fourth-order valence-electron chi connectivity index (χ4n) is 3.21. The lowest BCUT2D eigenvalue weighted by Gasteiger charge is -2.38. The van der Waals surface area contributed by atoms with Crippen LogP contribution in [0.25, 0.3) is 22.7 Å². The Bertz CT molecular complexity index is 952. The van der Waals surface area contributed by atoms with Gasteiger partial charge in [-0.05, 0) is 42.7 Å². The first kappa shape index (κ1) is 16.4. The summed E-state index contributed by atoms with van der Waals surface area (Å²) in [5.74, 6) is 0.449. The van der Waals surface area contributed by atoms with E-state index in [0.29, 0.717) is 35.7 Å². The van der Waals surface area contributed by atoms with Crippen LogP contribution in [0.4, 0.5) is 4.39 Å². The molecular weight excluding hydrogens is 333 g/mol. The van der Waals surface area contributed by atoms with Gasteiger partial charge < -0.3 is 9.52 Å². The molecule has 0 radical (unpaired) electrons. The highest BCUT2D eigenvalue weighted by Crippen LogP contribution is 2.42. The molecule has 0 aliphatic heterocycles. The van der Waals surface area contributed by atoms with Gasteiger partial charge in [-0.2, -0.15) is 5.26 Å². The van der Waals surface area contributed by atoms with Gasteiger partial charge in [0.25, 0.3) is 0 Å². The van der Waals surface area contributed by atoms with Gasteiger partial charge in [0.15, 0.2) is 0 Å². The van der Waals surface area contributed by atoms with Crippen LogP contribution < -0.4 is 0 Å². The van der Waals surface area contributed by atoms with Crippen molar-refractivity contribution in [1.82, 2.24) is 9.97 Å². The average Bonchev–Trinajstić information content (AvgIpc) is 3.16. The second-order valence-electron chi connectivity index (χ2n) is 6.56. The van der Waals surface area contributed by atoms with Crippen LogP contribution >= 0.6 is 0 Å². The maximum atomic E-state index is 12.6. The van der Waals surface area contributed by atoms with Crippen molar-refractivity contribution in [2.24, 2.45) is 0 Å². The Morgan fingerprint density at radius 3 is 2.50 bits per heavy atom. The number of hydrogen-bond donors (Lipinski definition) is 1. The third-order valence-corrected chi connectivity index (χ3v) is 4.79. The van der Waals surface area contributed by atoms with Crippen molar-refractivity contribution in [2.75, 3.05) is 0 Å². The summed E-state index contributed by atoms with van der Waals surface area (Å²) in [5.41, 5.74) is 2.76. The molecule has 3 aromatic rings. The Balaban J connectivity index is 1.57. The summed E-state index contributed by atoms with van der Waals surface area (Å²) in [4.78, 5) is 8.86. The number of oxazole rings is 1. The van der Waals surface area contributed by atoms with Crippen molar-refractivity contribution >= 4 is 0 Å². The van der Waals surface area contributed by atoms with Crippen LogP contribution in [0.1, 0.15) is 24.1 Å². The minimum absolute atomic E-state index is 0.416. The molecule has 0 bridgehead atoms. The fourth-order valence-corrected chi connectivity index (χ4v) is 3.21. The van der Waals surface area contributed by atoms with Gasteiger partial charge in [-0.15, -0.1) is 0 Å². The van der Waals surface area contributed by atoms with Gasteiger partial charge >= 0.3 is 0 Å². The van der Waals surface area contributed by atoms with E-state index in [1.165, 1.54) is 0 Å². The van der Waals surface area contributed by atoms with E-state index < -0.39 is 18.2 Å². The lowest BCUT2D eigenvalue weighted by molar-refractivity contribution is 0.0429. The van der Waals surface area contributed by atoms with Crippen LogP contribution in [0.15, 0.2) is 53.3 Å². The second kappa shape index (κ2) is 6.36. The molecular formula is C20H16FN3O2. The van der Waals surface area contributed by atoms with Crippen LogP contribution in [0, 0.1) is 11.3 Å². The first-order chi connectivity index (χ1) is 12.6. The lowest BCUT2D eigenvalue weighted by Crippen LogP contribution is -2.44. The maximum Gasteiger partial charge on any atom is 0.226 e. The Hall–Kier alpha value is -3.04. The third-order valence-electron chi connectivity index (χ3n) is 4.79. The summed E-state index contributed by atoms with van der Waals surface area (Å²) >= 11 is 0. The Labute approximate surface area is 149 Å². The monoisotopic (exact) mass is 349 g/mol. The van der Waals surface area contributed by atoms with Crippen molar-refractivity contribution < 1.29 is 13.9 Å². The molecule has 0 spiro atoms. The van der Waals surface area contributed by atoms with E-state index in [0.717, 1.165) is 11.1 Å². The van der Waals surface area contributed by atoms with Crippen LogP contribution in [-0.2, 0) is 12.1 Å². The van der Waals surface area contributed by atoms with E-state index in [1.807, 2.05) is 6.07 Å². The number of halogens is 1. The highest BCUT2D eigenvalue weighted by Gasteiger charge is 2.46. The smallest absolute Gasteiger partial charge is 0.226 e. The Morgan fingerprint density at radius 1 is 1.19 bits per heavy atom. The molecule has 5 nitrogen and oxygen atoms in total. The zero-order valence-corrected chi connectivity index (χ0v) is 13.9. The van der Waals surface area contributed by atoms with E-state index in [9.17, 15) is 14.8 Å².